The van der Waals surface area contributed by atoms with Gasteiger partial charge in [-0.05, 0) is 0 Å². The van der Waals surface area contributed by atoms with E-state index in [0.29, 0.717) is 0 Å². The average Bonchev–Trinajstić information content (AvgIpc) is 2.72. The molecule has 0 N–H and O–H groups in total. The summed E-state index contributed by atoms with van der Waals surface area (Å²) in [5, 5.41) is 4.70. The molecular weight excluding hydrogens is 429 g/mol. The first kappa shape index (κ1) is 19.4. The number of oxime groups is 1. The fourth-order valence-electron chi connectivity index (χ4n) is 3.37. The van der Waals surface area contributed by atoms with Crippen molar-refractivity contribution >= 4 is 24.9 Å². The van der Waals surface area contributed by atoms with E-state index in [2.05, 4.69) is 50.2 Å². The van der Waals surface area contributed by atoms with Gasteiger partial charge in [0.05, 0.1) is 0 Å². The molecule has 0 bridgehead atoms. The first-order chi connectivity index (χ1) is 12.8. The summed E-state index contributed by atoms with van der Waals surface area (Å²) < 4.78 is 15.3. The molecule has 0 saturated carbocycles. The van der Waals surface area contributed by atoms with Gasteiger partial charge in [0, 0.05) is 0 Å². The van der Waals surface area contributed by atoms with Gasteiger partial charge in [-0.15, -0.1) is 0 Å². The van der Waals surface area contributed by atoms with Crippen LogP contribution in [0.25, 0.3) is 0 Å². The zero-order valence-corrected chi connectivity index (χ0v) is 18.7. The molecule has 1 atom stereocenters. The summed E-state index contributed by atoms with van der Waals surface area (Å²) in [6.45, 7) is 4.46. The van der Waals surface area contributed by atoms with Crippen LogP contribution in [0.1, 0.15) is 56.8 Å². The molecule has 0 aliphatic carbocycles. The van der Waals surface area contributed by atoms with Gasteiger partial charge in [0.2, 0.25) is 0 Å². The van der Waals surface area contributed by atoms with Crippen molar-refractivity contribution in [3.8, 4) is 0 Å². The fraction of sp³-hybridized carbons (Fsp3) is 0.409. The molecule has 1 aliphatic rings. The zero-order chi connectivity index (χ0) is 18.2. The third-order valence-corrected chi connectivity index (χ3v) is 14.4. The van der Waals surface area contributed by atoms with Gasteiger partial charge in [-0.3, -0.25) is 0 Å². The monoisotopic (exact) mass is 459 g/mol. The van der Waals surface area contributed by atoms with Crippen molar-refractivity contribution in [1.82, 2.24) is 0 Å². The van der Waals surface area contributed by atoms with Crippen molar-refractivity contribution in [2.75, 3.05) is 0 Å². The molecule has 0 fully saturated rings. The molecule has 0 unspecified atom stereocenters. The van der Waals surface area contributed by atoms with Crippen LogP contribution in [0.15, 0.2) is 65.8 Å². The summed E-state index contributed by atoms with van der Waals surface area (Å²) in [5.41, 5.74) is 3.15. The normalized spacial score (nSPS) is 18.8. The van der Waals surface area contributed by atoms with E-state index in [1.54, 1.807) is 0 Å². The summed E-state index contributed by atoms with van der Waals surface area (Å²) in [4.78, 5) is 0. The Hall–Kier alpha value is -1.33. The molecule has 0 aromatic heterocycles. The van der Waals surface area contributed by atoms with Gasteiger partial charge in [-0.1, -0.05) is 0 Å². The Morgan fingerprint density at radius 3 is 2.00 bits per heavy atom. The molecule has 0 amide bonds. The Labute approximate surface area is 162 Å². The fourth-order valence-corrected chi connectivity index (χ4v) is 13.2. The van der Waals surface area contributed by atoms with Gasteiger partial charge >= 0.3 is 163 Å². The van der Waals surface area contributed by atoms with E-state index in [-0.39, 0.29) is 6.10 Å². The molecule has 3 nitrogen and oxygen atoms in total. The van der Waals surface area contributed by atoms with Crippen molar-refractivity contribution in [3.63, 3.8) is 0 Å². The van der Waals surface area contributed by atoms with Crippen molar-refractivity contribution < 1.29 is 6.25 Å². The van der Waals surface area contributed by atoms with E-state index in [4.69, 9.17) is 11.4 Å². The number of unbranched alkanes of at least 4 members (excludes halogenated alkanes) is 2. The van der Waals surface area contributed by atoms with Gasteiger partial charge in [-0.2, -0.15) is 0 Å². The van der Waals surface area contributed by atoms with E-state index >= 15 is 0 Å². The molecule has 2 aromatic rings. The van der Waals surface area contributed by atoms with E-state index in [1.165, 1.54) is 18.4 Å². The maximum absolute atomic E-state index is 6.89. The van der Waals surface area contributed by atoms with Crippen molar-refractivity contribution in [2.45, 2.75) is 54.5 Å². The first-order valence-electron chi connectivity index (χ1n) is 9.82. The topological polar surface area (TPSA) is 30.8 Å². The first-order valence-corrected chi connectivity index (χ1v) is 16.2. The molecule has 1 aliphatic heterocycles. The minimum atomic E-state index is -3.21. The van der Waals surface area contributed by atoms with Crippen LogP contribution in [0, 0.1) is 0 Å². The molecule has 0 spiro atoms. The summed E-state index contributed by atoms with van der Waals surface area (Å²) in [6.07, 6.45) is 4.55. The summed E-state index contributed by atoms with van der Waals surface area (Å²) >= 11 is -3.21. The Balaban J connectivity index is 1.97. The zero-order valence-electron chi connectivity index (χ0n) is 15.9. The second-order valence-electron chi connectivity index (χ2n) is 6.96. The molecular formula is C22H29NO2Sn. The molecule has 0 saturated heterocycles. The standard InChI is InChI=1S/C14H12NO2.2C4H9.Sn/c16-14(12-9-5-2-6-10-12)13(15-17)11-7-3-1-4-8-11;2*1-3-4-2;/h1-10,14,17H;2*1,3-4H2,2H3;/q-1;;;+2/p-1/t14-;;;/m1.../s1. The Morgan fingerprint density at radius 2 is 1.42 bits per heavy atom. The Bertz CT molecular complexity index is 695. The summed E-state index contributed by atoms with van der Waals surface area (Å²) in [6, 6.07) is 20.8. The second-order valence-corrected chi connectivity index (χ2v) is 16.2. The number of rotatable bonds is 8. The van der Waals surface area contributed by atoms with E-state index in [0.717, 1.165) is 33.0 Å². The van der Waals surface area contributed by atoms with Crippen molar-refractivity contribution in [3.05, 3.63) is 71.8 Å². The number of benzene rings is 2. The van der Waals surface area contributed by atoms with Crippen molar-refractivity contribution in [1.29, 1.82) is 0 Å². The van der Waals surface area contributed by atoms with Crippen LogP contribution in [0.2, 0.25) is 8.87 Å². The number of nitrogens with zero attached hydrogens (tertiary/aromatic N) is 1. The number of hydrogen-bond acceptors (Lipinski definition) is 3. The third kappa shape index (κ3) is 4.68. The van der Waals surface area contributed by atoms with Crippen LogP contribution in [0.5, 0.6) is 0 Å². The quantitative estimate of drug-likeness (QED) is 0.440. The molecule has 4 heteroatoms. The molecule has 0 radical (unpaired) electrons. The van der Waals surface area contributed by atoms with Crippen LogP contribution in [0.4, 0.5) is 0 Å². The van der Waals surface area contributed by atoms with Gasteiger partial charge in [0.1, 0.15) is 0 Å². The molecule has 26 heavy (non-hydrogen) atoms. The van der Waals surface area contributed by atoms with E-state index in [9.17, 15) is 0 Å². The summed E-state index contributed by atoms with van der Waals surface area (Å²) in [7, 11) is 0. The van der Waals surface area contributed by atoms with Crippen LogP contribution in [-0.4, -0.2) is 24.9 Å². The molecule has 138 valence electrons. The third-order valence-electron chi connectivity index (χ3n) is 4.89. The Kier molecular flexibility index (Phi) is 7.14. The van der Waals surface area contributed by atoms with Crippen LogP contribution < -0.4 is 0 Å². The molecule has 3 rings (SSSR count). The minimum absolute atomic E-state index is 0.114. The van der Waals surface area contributed by atoms with Gasteiger partial charge < -0.3 is 0 Å². The SMILES string of the molecule is CCC[CH2][Sn]1([CH2]CCC)[O]N=C(c2ccccc2)[C@@H](c2ccccc2)[O]1. The van der Waals surface area contributed by atoms with Gasteiger partial charge in [-0.25, -0.2) is 0 Å². The maximum atomic E-state index is 6.89. The van der Waals surface area contributed by atoms with Gasteiger partial charge in [0.15, 0.2) is 0 Å². The second kappa shape index (κ2) is 9.56. The molecule has 2 aromatic carbocycles. The van der Waals surface area contributed by atoms with E-state index in [1.807, 2.05) is 24.3 Å². The number of hydrogen-bond donors (Lipinski definition) is 0. The molecule has 1 heterocycles. The van der Waals surface area contributed by atoms with Crippen LogP contribution in [0.3, 0.4) is 0 Å². The van der Waals surface area contributed by atoms with Crippen LogP contribution in [-0.2, 0) is 6.25 Å². The Morgan fingerprint density at radius 1 is 0.846 bits per heavy atom. The van der Waals surface area contributed by atoms with Gasteiger partial charge in [0.25, 0.3) is 0 Å². The van der Waals surface area contributed by atoms with Crippen LogP contribution >= 0.6 is 0 Å². The van der Waals surface area contributed by atoms with Crippen molar-refractivity contribution in [2.24, 2.45) is 5.16 Å². The predicted octanol–water partition coefficient (Wildman–Crippen LogP) is 6.22. The van der Waals surface area contributed by atoms with E-state index < -0.39 is 19.2 Å². The average molecular weight is 458 g/mol. The summed E-state index contributed by atoms with van der Waals surface area (Å²) in [5.74, 6) is 0. The predicted molar refractivity (Wildman–Crippen MR) is 110 cm³/mol.